The maximum atomic E-state index is 11.2. The summed E-state index contributed by atoms with van der Waals surface area (Å²) in [4.78, 5) is 19.1. The van der Waals surface area contributed by atoms with Crippen molar-refractivity contribution in [1.82, 2.24) is 15.3 Å². The SMILES string of the molecule is CCNC(=O)CNc1cc(OCC)ncn1. The predicted octanol–water partition coefficient (Wildman–Crippen LogP) is 0.423. The standard InChI is InChI=1S/C10H16N4O2/c1-3-11-9(15)6-12-8-5-10(16-4-2)14-7-13-8/h5,7H,3-4,6H2,1-2H3,(H,11,15)(H,12,13,14). The molecule has 1 amide bonds. The Bertz CT molecular complexity index is 343. The van der Waals surface area contributed by atoms with E-state index < -0.39 is 0 Å². The van der Waals surface area contributed by atoms with Crippen molar-refractivity contribution >= 4 is 11.7 Å². The van der Waals surface area contributed by atoms with Crippen LogP contribution in [0.3, 0.4) is 0 Å². The van der Waals surface area contributed by atoms with Gasteiger partial charge in [0.2, 0.25) is 11.8 Å². The van der Waals surface area contributed by atoms with Crippen molar-refractivity contribution in [1.29, 1.82) is 0 Å². The van der Waals surface area contributed by atoms with Gasteiger partial charge in [0, 0.05) is 12.6 Å². The highest BCUT2D eigenvalue weighted by atomic mass is 16.5. The summed E-state index contributed by atoms with van der Waals surface area (Å²) in [7, 11) is 0. The molecule has 16 heavy (non-hydrogen) atoms. The lowest BCUT2D eigenvalue weighted by Gasteiger charge is -2.06. The van der Waals surface area contributed by atoms with Crippen LogP contribution in [-0.4, -0.2) is 35.6 Å². The molecule has 0 fully saturated rings. The smallest absolute Gasteiger partial charge is 0.239 e. The molecule has 1 aromatic rings. The number of anilines is 1. The minimum atomic E-state index is -0.0703. The third kappa shape index (κ3) is 4.12. The average molecular weight is 224 g/mol. The molecule has 0 atom stereocenters. The van der Waals surface area contributed by atoms with Gasteiger partial charge in [0.15, 0.2) is 0 Å². The Morgan fingerprint density at radius 3 is 2.94 bits per heavy atom. The van der Waals surface area contributed by atoms with Gasteiger partial charge in [-0.1, -0.05) is 0 Å². The third-order valence-corrected chi connectivity index (χ3v) is 1.74. The summed E-state index contributed by atoms with van der Waals surface area (Å²) < 4.78 is 5.21. The van der Waals surface area contributed by atoms with Crippen molar-refractivity contribution in [2.24, 2.45) is 0 Å². The monoisotopic (exact) mass is 224 g/mol. The highest BCUT2D eigenvalue weighted by Crippen LogP contribution is 2.10. The third-order valence-electron chi connectivity index (χ3n) is 1.74. The van der Waals surface area contributed by atoms with Crippen LogP contribution < -0.4 is 15.4 Å². The molecule has 0 spiro atoms. The van der Waals surface area contributed by atoms with E-state index in [-0.39, 0.29) is 12.5 Å². The summed E-state index contributed by atoms with van der Waals surface area (Å²) in [6.07, 6.45) is 1.39. The fraction of sp³-hybridized carbons (Fsp3) is 0.500. The van der Waals surface area contributed by atoms with Gasteiger partial charge in [0.1, 0.15) is 12.1 Å². The second kappa shape index (κ2) is 6.60. The molecule has 1 heterocycles. The van der Waals surface area contributed by atoms with Gasteiger partial charge in [-0.15, -0.1) is 0 Å². The largest absolute Gasteiger partial charge is 0.478 e. The molecule has 0 bridgehead atoms. The van der Waals surface area contributed by atoms with Gasteiger partial charge >= 0.3 is 0 Å². The van der Waals surface area contributed by atoms with Crippen LogP contribution in [-0.2, 0) is 4.79 Å². The fourth-order valence-electron chi connectivity index (χ4n) is 1.09. The minimum absolute atomic E-state index is 0.0703. The number of hydrogen-bond donors (Lipinski definition) is 2. The summed E-state index contributed by atoms with van der Waals surface area (Å²) in [6.45, 7) is 5.11. The number of hydrogen-bond acceptors (Lipinski definition) is 5. The summed E-state index contributed by atoms with van der Waals surface area (Å²) >= 11 is 0. The molecule has 1 aromatic heterocycles. The lowest BCUT2D eigenvalue weighted by Crippen LogP contribution is -2.29. The van der Waals surface area contributed by atoms with E-state index in [9.17, 15) is 4.79 Å². The second-order valence-corrected chi connectivity index (χ2v) is 2.98. The van der Waals surface area contributed by atoms with Crippen LogP contribution in [0.2, 0.25) is 0 Å². The van der Waals surface area contributed by atoms with Gasteiger partial charge in [0.25, 0.3) is 0 Å². The quantitative estimate of drug-likeness (QED) is 0.732. The predicted molar refractivity (Wildman–Crippen MR) is 60.4 cm³/mol. The lowest BCUT2D eigenvalue weighted by molar-refractivity contribution is -0.119. The van der Waals surface area contributed by atoms with E-state index in [4.69, 9.17) is 4.74 Å². The van der Waals surface area contributed by atoms with E-state index in [0.29, 0.717) is 24.8 Å². The molecule has 2 N–H and O–H groups in total. The molecule has 0 saturated heterocycles. The topological polar surface area (TPSA) is 76.1 Å². The van der Waals surface area contributed by atoms with Crippen molar-refractivity contribution in [3.05, 3.63) is 12.4 Å². The molecule has 0 aliphatic rings. The number of rotatable bonds is 6. The van der Waals surface area contributed by atoms with Crippen LogP contribution in [0, 0.1) is 0 Å². The van der Waals surface area contributed by atoms with E-state index in [1.807, 2.05) is 13.8 Å². The first-order chi connectivity index (χ1) is 7.76. The first-order valence-corrected chi connectivity index (χ1v) is 5.21. The van der Waals surface area contributed by atoms with Gasteiger partial charge in [-0.3, -0.25) is 4.79 Å². The Kier molecular flexibility index (Phi) is 5.04. The first kappa shape index (κ1) is 12.2. The molecule has 1 rings (SSSR count). The Morgan fingerprint density at radius 2 is 2.25 bits per heavy atom. The zero-order valence-corrected chi connectivity index (χ0v) is 9.49. The molecule has 0 aliphatic heterocycles. The van der Waals surface area contributed by atoms with Crippen molar-refractivity contribution in [3.63, 3.8) is 0 Å². The van der Waals surface area contributed by atoms with Crippen molar-refractivity contribution in [2.75, 3.05) is 25.0 Å². The van der Waals surface area contributed by atoms with Gasteiger partial charge in [-0.05, 0) is 13.8 Å². The van der Waals surface area contributed by atoms with Crippen LogP contribution in [0.5, 0.6) is 5.88 Å². The van der Waals surface area contributed by atoms with Gasteiger partial charge in [0.05, 0.1) is 13.2 Å². The summed E-state index contributed by atoms with van der Waals surface area (Å²) in [6, 6.07) is 1.66. The van der Waals surface area contributed by atoms with Crippen LogP contribution >= 0.6 is 0 Å². The van der Waals surface area contributed by atoms with E-state index in [2.05, 4.69) is 20.6 Å². The maximum absolute atomic E-state index is 11.2. The minimum Gasteiger partial charge on any atom is -0.478 e. The zero-order valence-electron chi connectivity index (χ0n) is 9.49. The molecule has 6 nitrogen and oxygen atoms in total. The number of carbonyl (C=O) groups excluding carboxylic acids is 1. The second-order valence-electron chi connectivity index (χ2n) is 2.98. The van der Waals surface area contributed by atoms with Crippen LogP contribution in [0.4, 0.5) is 5.82 Å². The fourth-order valence-corrected chi connectivity index (χ4v) is 1.09. The van der Waals surface area contributed by atoms with Crippen molar-refractivity contribution in [2.45, 2.75) is 13.8 Å². The summed E-state index contributed by atoms with van der Waals surface area (Å²) in [5.74, 6) is 1.000. The van der Waals surface area contributed by atoms with E-state index in [0.717, 1.165) is 0 Å². The molecular weight excluding hydrogens is 208 g/mol. The molecular formula is C10H16N4O2. The van der Waals surface area contributed by atoms with Crippen molar-refractivity contribution < 1.29 is 9.53 Å². The Hall–Kier alpha value is -1.85. The number of likely N-dealkylation sites (N-methyl/N-ethyl adjacent to an activating group) is 1. The highest BCUT2D eigenvalue weighted by Gasteiger charge is 2.01. The molecule has 0 aliphatic carbocycles. The number of nitrogens with zero attached hydrogens (tertiary/aromatic N) is 2. The summed E-state index contributed by atoms with van der Waals surface area (Å²) in [5.41, 5.74) is 0. The van der Waals surface area contributed by atoms with Gasteiger partial charge in [-0.2, -0.15) is 0 Å². The Balaban J connectivity index is 2.47. The zero-order chi connectivity index (χ0) is 11.8. The Morgan fingerprint density at radius 1 is 1.44 bits per heavy atom. The van der Waals surface area contributed by atoms with Crippen molar-refractivity contribution in [3.8, 4) is 5.88 Å². The molecule has 0 aromatic carbocycles. The number of aromatic nitrogens is 2. The number of ether oxygens (including phenoxy) is 1. The molecule has 6 heteroatoms. The van der Waals surface area contributed by atoms with Gasteiger partial charge < -0.3 is 15.4 Å². The number of amides is 1. The van der Waals surface area contributed by atoms with Gasteiger partial charge in [-0.25, -0.2) is 9.97 Å². The Labute approximate surface area is 94.4 Å². The maximum Gasteiger partial charge on any atom is 0.239 e. The van der Waals surface area contributed by atoms with E-state index in [1.54, 1.807) is 6.07 Å². The molecule has 0 unspecified atom stereocenters. The number of carbonyl (C=O) groups is 1. The first-order valence-electron chi connectivity index (χ1n) is 5.21. The average Bonchev–Trinajstić information content (AvgIpc) is 2.28. The highest BCUT2D eigenvalue weighted by molar-refractivity contribution is 5.80. The van der Waals surface area contributed by atoms with Crippen LogP contribution in [0.25, 0.3) is 0 Å². The molecule has 88 valence electrons. The van der Waals surface area contributed by atoms with Crippen LogP contribution in [0.1, 0.15) is 13.8 Å². The van der Waals surface area contributed by atoms with Crippen LogP contribution in [0.15, 0.2) is 12.4 Å². The van der Waals surface area contributed by atoms with E-state index >= 15 is 0 Å². The molecule has 0 saturated carbocycles. The summed E-state index contributed by atoms with van der Waals surface area (Å²) in [5, 5.41) is 5.56. The lowest BCUT2D eigenvalue weighted by atomic mass is 10.5. The van der Waals surface area contributed by atoms with E-state index in [1.165, 1.54) is 6.33 Å². The normalized spacial score (nSPS) is 9.62. The molecule has 0 radical (unpaired) electrons. The number of nitrogens with one attached hydrogen (secondary N) is 2.